The number of aryl methyl sites for hydroxylation is 1. The van der Waals surface area contributed by atoms with Crippen LogP contribution in [0.2, 0.25) is 0 Å². The van der Waals surface area contributed by atoms with Gasteiger partial charge in [0.25, 0.3) is 5.91 Å². The molecule has 2 heterocycles. The van der Waals surface area contributed by atoms with E-state index in [9.17, 15) is 4.79 Å². The molecule has 0 N–H and O–H groups in total. The monoisotopic (exact) mass is 286 g/mol. The van der Waals surface area contributed by atoms with Crippen LogP contribution in [-0.2, 0) is 11.8 Å². The van der Waals surface area contributed by atoms with E-state index in [-0.39, 0.29) is 12.0 Å². The molecule has 5 heteroatoms. The van der Waals surface area contributed by atoms with Crippen LogP contribution in [0, 0.1) is 0 Å². The van der Waals surface area contributed by atoms with E-state index < -0.39 is 0 Å². The van der Waals surface area contributed by atoms with Crippen LogP contribution in [0.25, 0.3) is 0 Å². The van der Waals surface area contributed by atoms with E-state index in [1.54, 1.807) is 7.11 Å². The number of carbonyl (C=O) groups excluding carboxylic acids is 1. The van der Waals surface area contributed by atoms with Crippen molar-refractivity contribution >= 4 is 21.8 Å². The van der Waals surface area contributed by atoms with E-state index >= 15 is 0 Å². The lowest BCUT2D eigenvalue weighted by molar-refractivity contribution is 0.0715. The minimum Gasteiger partial charge on any atom is -0.380 e. The summed E-state index contributed by atoms with van der Waals surface area (Å²) in [5, 5.41) is 0. The van der Waals surface area contributed by atoms with Gasteiger partial charge in [0.15, 0.2) is 0 Å². The van der Waals surface area contributed by atoms with Gasteiger partial charge in [0.05, 0.1) is 6.10 Å². The number of rotatable bonds is 2. The van der Waals surface area contributed by atoms with Crippen molar-refractivity contribution in [2.45, 2.75) is 12.5 Å². The van der Waals surface area contributed by atoms with Gasteiger partial charge in [-0.15, -0.1) is 0 Å². The summed E-state index contributed by atoms with van der Waals surface area (Å²) in [7, 11) is 3.57. The molecule has 0 bridgehead atoms. The normalized spacial score (nSPS) is 20.4. The van der Waals surface area contributed by atoms with Gasteiger partial charge in [-0.2, -0.15) is 0 Å². The van der Waals surface area contributed by atoms with Crippen molar-refractivity contribution in [3.63, 3.8) is 0 Å². The molecule has 1 aliphatic heterocycles. The first-order valence-corrected chi connectivity index (χ1v) is 6.05. The van der Waals surface area contributed by atoms with Crippen molar-refractivity contribution < 1.29 is 9.53 Å². The predicted octanol–water partition coefficient (Wildman–Crippen LogP) is 1.65. The van der Waals surface area contributed by atoms with Crippen molar-refractivity contribution in [3.05, 3.63) is 22.4 Å². The largest absolute Gasteiger partial charge is 0.380 e. The van der Waals surface area contributed by atoms with Crippen molar-refractivity contribution in [3.8, 4) is 0 Å². The zero-order valence-electron chi connectivity index (χ0n) is 9.44. The molecule has 2 rings (SSSR count). The summed E-state index contributed by atoms with van der Waals surface area (Å²) in [6.07, 6.45) is 3.00. The van der Waals surface area contributed by atoms with Gasteiger partial charge in [-0.25, -0.2) is 0 Å². The lowest BCUT2D eigenvalue weighted by Gasteiger charge is -2.16. The Morgan fingerprint density at radius 3 is 2.88 bits per heavy atom. The van der Waals surface area contributed by atoms with E-state index in [4.69, 9.17) is 4.74 Å². The second-order valence-corrected chi connectivity index (χ2v) is 4.97. The van der Waals surface area contributed by atoms with Crippen LogP contribution in [-0.4, -0.2) is 41.7 Å². The SMILES string of the molecule is COC1CCN(C(=O)c2cc(Br)cn2C)C1. The van der Waals surface area contributed by atoms with E-state index in [0.717, 1.165) is 17.4 Å². The van der Waals surface area contributed by atoms with Crippen molar-refractivity contribution in [2.75, 3.05) is 20.2 Å². The summed E-state index contributed by atoms with van der Waals surface area (Å²) in [5.74, 6) is 0.0766. The van der Waals surface area contributed by atoms with Gasteiger partial charge in [0.2, 0.25) is 0 Å². The first-order chi connectivity index (χ1) is 7.61. The fourth-order valence-corrected chi connectivity index (χ4v) is 2.53. The Kier molecular flexibility index (Phi) is 3.35. The number of amides is 1. The number of hydrogen-bond donors (Lipinski definition) is 0. The van der Waals surface area contributed by atoms with Crippen LogP contribution in [0.3, 0.4) is 0 Å². The van der Waals surface area contributed by atoms with Gasteiger partial charge in [0, 0.05) is 37.9 Å². The molecule has 0 saturated carbocycles. The van der Waals surface area contributed by atoms with Crippen LogP contribution in [0.1, 0.15) is 16.9 Å². The molecule has 1 aromatic rings. The average molecular weight is 287 g/mol. The molecule has 88 valence electrons. The van der Waals surface area contributed by atoms with Gasteiger partial charge < -0.3 is 14.2 Å². The molecule has 0 spiro atoms. The van der Waals surface area contributed by atoms with Crippen molar-refractivity contribution in [2.24, 2.45) is 7.05 Å². The first kappa shape index (κ1) is 11.7. The minimum atomic E-state index is 0.0766. The summed E-state index contributed by atoms with van der Waals surface area (Å²) < 4.78 is 8.02. The van der Waals surface area contributed by atoms with Crippen molar-refractivity contribution in [1.82, 2.24) is 9.47 Å². The Morgan fingerprint density at radius 2 is 2.38 bits per heavy atom. The topological polar surface area (TPSA) is 34.5 Å². The fourth-order valence-electron chi connectivity index (χ4n) is 2.00. The second-order valence-electron chi connectivity index (χ2n) is 4.05. The predicted molar refractivity (Wildman–Crippen MR) is 64.4 cm³/mol. The van der Waals surface area contributed by atoms with Crippen LogP contribution >= 0.6 is 15.9 Å². The zero-order chi connectivity index (χ0) is 11.7. The number of methoxy groups -OCH3 is 1. The van der Waals surface area contributed by atoms with E-state index in [1.807, 2.05) is 28.8 Å². The van der Waals surface area contributed by atoms with Crippen LogP contribution < -0.4 is 0 Å². The molecule has 0 aliphatic carbocycles. The highest BCUT2D eigenvalue weighted by molar-refractivity contribution is 9.10. The molecule has 1 aliphatic rings. The lowest BCUT2D eigenvalue weighted by Crippen LogP contribution is -2.31. The number of hydrogen-bond acceptors (Lipinski definition) is 2. The maximum Gasteiger partial charge on any atom is 0.270 e. The van der Waals surface area contributed by atoms with Crippen LogP contribution in [0.4, 0.5) is 0 Å². The third-order valence-electron chi connectivity index (χ3n) is 2.96. The molecule has 1 saturated heterocycles. The molecule has 1 unspecified atom stereocenters. The Bertz CT molecular complexity index is 403. The third kappa shape index (κ3) is 2.15. The standard InChI is InChI=1S/C11H15BrN2O2/c1-13-6-8(12)5-10(13)11(15)14-4-3-9(7-14)16-2/h5-6,9H,3-4,7H2,1-2H3. The fraction of sp³-hybridized carbons (Fsp3) is 0.545. The second kappa shape index (κ2) is 4.59. The third-order valence-corrected chi connectivity index (χ3v) is 3.39. The molecule has 1 amide bonds. The lowest BCUT2D eigenvalue weighted by atomic mass is 10.3. The number of ether oxygens (including phenoxy) is 1. The minimum absolute atomic E-state index is 0.0766. The van der Waals surface area contributed by atoms with Gasteiger partial charge in [-0.3, -0.25) is 4.79 Å². The number of aromatic nitrogens is 1. The Hall–Kier alpha value is -0.810. The van der Waals surface area contributed by atoms with Gasteiger partial charge in [-0.1, -0.05) is 0 Å². The smallest absolute Gasteiger partial charge is 0.270 e. The highest BCUT2D eigenvalue weighted by atomic mass is 79.9. The maximum atomic E-state index is 12.2. The van der Waals surface area contributed by atoms with E-state index in [0.29, 0.717) is 12.2 Å². The number of likely N-dealkylation sites (tertiary alicyclic amines) is 1. The van der Waals surface area contributed by atoms with E-state index in [1.165, 1.54) is 0 Å². The number of halogens is 1. The highest BCUT2D eigenvalue weighted by Gasteiger charge is 2.27. The summed E-state index contributed by atoms with van der Waals surface area (Å²) in [6.45, 7) is 1.47. The average Bonchev–Trinajstić information content (AvgIpc) is 2.84. The van der Waals surface area contributed by atoms with Gasteiger partial charge in [-0.05, 0) is 28.4 Å². The van der Waals surface area contributed by atoms with Gasteiger partial charge in [0.1, 0.15) is 5.69 Å². The summed E-state index contributed by atoms with van der Waals surface area (Å²) in [6, 6.07) is 1.85. The molecule has 0 radical (unpaired) electrons. The Labute approximate surface area is 103 Å². The molecule has 0 aromatic carbocycles. The molecule has 4 nitrogen and oxygen atoms in total. The quantitative estimate of drug-likeness (QED) is 0.829. The summed E-state index contributed by atoms with van der Waals surface area (Å²) in [5.41, 5.74) is 0.712. The van der Waals surface area contributed by atoms with E-state index in [2.05, 4.69) is 15.9 Å². The Balaban J connectivity index is 2.11. The highest BCUT2D eigenvalue weighted by Crippen LogP contribution is 2.19. The molecular weight excluding hydrogens is 272 g/mol. The summed E-state index contributed by atoms with van der Waals surface area (Å²) >= 11 is 3.37. The van der Waals surface area contributed by atoms with Crippen LogP contribution in [0.5, 0.6) is 0 Å². The maximum absolute atomic E-state index is 12.2. The number of nitrogens with zero attached hydrogens (tertiary/aromatic N) is 2. The Morgan fingerprint density at radius 1 is 1.62 bits per heavy atom. The molecule has 16 heavy (non-hydrogen) atoms. The van der Waals surface area contributed by atoms with Crippen LogP contribution in [0.15, 0.2) is 16.7 Å². The molecule has 1 aromatic heterocycles. The molecule has 1 fully saturated rings. The van der Waals surface area contributed by atoms with Gasteiger partial charge >= 0.3 is 0 Å². The molecular formula is C11H15BrN2O2. The number of carbonyl (C=O) groups is 1. The van der Waals surface area contributed by atoms with Crippen molar-refractivity contribution in [1.29, 1.82) is 0 Å². The molecule has 1 atom stereocenters. The first-order valence-electron chi connectivity index (χ1n) is 5.25. The zero-order valence-corrected chi connectivity index (χ0v) is 11.0. The summed E-state index contributed by atoms with van der Waals surface area (Å²) in [4.78, 5) is 14.0.